The van der Waals surface area contributed by atoms with E-state index in [9.17, 15) is 0 Å². The topological polar surface area (TPSA) is 50.7 Å². The van der Waals surface area contributed by atoms with Crippen LogP contribution in [-0.2, 0) is 6.42 Å². The third-order valence-corrected chi connectivity index (χ3v) is 4.77. The molecule has 0 bridgehead atoms. The summed E-state index contributed by atoms with van der Waals surface area (Å²) in [5, 5.41) is 14.1. The molecule has 0 saturated heterocycles. The van der Waals surface area contributed by atoms with Crippen LogP contribution in [0, 0.1) is 12.8 Å². The van der Waals surface area contributed by atoms with E-state index in [2.05, 4.69) is 34.3 Å². The minimum atomic E-state index is 0.711. The van der Waals surface area contributed by atoms with Crippen molar-refractivity contribution < 1.29 is 0 Å². The van der Waals surface area contributed by atoms with Crippen molar-refractivity contribution >= 4 is 22.7 Å². The van der Waals surface area contributed by atoms with E-state index >= 15 is 0 Å². The lowest BCUT2D eigenvalue weighted by Gasteiger charge is -2.05. The van der Waals surface area contributed by atoms with E-state index in [4.69, 9.17) is 0 Å². The molecule has 0 unspecified atom stereocenters. The molecule has 2 aromatic rings. The zero-order valence-corrected chi connectivity index (χ0v) is 13.3. The van der Waals surface area contributed by atoms with Crippen LogP contribution in [0.1, 0.15) is 31.0 Å². The van der Waals surface area contributed by atoms with Crippen molar-refractivity contribution in [1.29, 1.82) is 0 Å². The summed E-state index contributed by atoms with van der Waals surface area (Å²) in [6.45, 7) is 8.60. The molecule has 0 amide bonds. The predicted octanol–water partition coefficient (Wildman–Crippen LogP) is 3.15. The van der Waals surface area contributed by atoms with E-state index in [0.717, 1.165) is 46.5 Å². The summed E-state index contributed by atoms with van der Waals surface area (Å²) in [4.78, 5) is 5.41. The molecule has 104 valence electrons. The molecule has 0 aliphatic heterocycles. The lowest BCUT2D eigenvalue weighted by atomic mass is 10.2. The fraction of sp³-hybridized carbons (Fsp3) is 0.615. The van der Waals surface area contributed by atoms with Crippen LogP contribution in [0.4, 0.5) is 0 Å². The van der Waals surface area contributed by atoms with Crippen molar-refractivity contribution in [3.63, 3.8) is 0 Å². The quantitative estimate of drug-likeness (QED) is 0.797. The number of aromatic nitrogens is 3. The molecule has 0 saturated carbocycles. The van der Waals surface area contributed by atoms with Crippen molar-refractivity contribution in [1.82, 2.24) is 20.5 Å². The molecule has 0 radical (unpaired) electrons. The summed E-state index contributed by atoms with van der Waals surface area (Å²) in [6, 6.07) is 0. The van der Waals surface area contributed by atoms with Crippen molar-refractivity contribution in [2.45, 2.75) is 33.6 Å². The first-order valence-electron chi connectivity index (χ1n) is 6.60. The van der Waals surface area contributed by atoms with Crippen LogP contribution in [0.3, 0.4) is 0 Å². The molecule has 2 heterocycles. The van der Waals surface area contributed by atoms with Gasteiger partial charge in [0.25, 0.3) is 0 Å². The monoisotopic (exact) mass is 296 g/mol. The van der Waals surface area contributed by atoms with Gasteiger partial charge in [-0.2, -0.15) is 0 Å². The van der Waals surface area contributed by atoms with Crippen molar-refractivity contribution in [2.75, 3.05) is 13.1 Å². The molecular formula is C13H20N4S2. The third kappa shape index (κ3) is 4.33. The van der Waals surface area contributed by atoms with Crippen molar-refractivity contribution in [3.8, 4) is 9.88 Å². The first-order valence-corrected chi connectivity index (χ1v) is 8.30. The van der Waals surface area contributed by atoms with E-state index < -0.39 is 0 Å². The van der Waals surface area contributed by atoms with E-state index in [1.165, 1.54) is 0 Å². The Hall–Kier alpha value is -0.850. The van der Waals surface area contributed by atoms with Crippen molar-refractivity contribution in [2.24, 2.45) is 5.92 Å². The number of hydrogen-bond donors (Lipinski definition) is 1. The largest absolute Gasteiger partial charge is 0.316 e. The lowest BCUT2D eigenvalue weighted by Crippen LogP contribution is -2.21. The Bertz CT molecular complexity index is 504. The van der Waals surface area contributed by atoms with Crippen LogP contribution in [-0.4, -0.2) is 28.3 Å². The molecule has 0 spiro atoms. The second kappa shape index (κ2) is 7.07. The molecule has 4 nitrogen and oxygen atoms in total. The van der Waals surface area contributed by atoms with Gasteiger partial charge in [-0.05, 0) is 32.4 Å². The van der Waals surface area contributed by atoms with Crippen LogP contribution in [0.2, 0.25) is 0 Å². The molecule has 2 rings (SSSR count). The maximum Gasteiger partial charge on any atom is 0.159 e. The van der Waals surface area contributed by atoms with E-state index in [1.807, 2.05) is 12.4 Å². The molecule has 2 aromatic heterocycles. The Kier molecular flexibility index (Phi) is 5.42. The van der Waals surface area contributed by atoms with Gasteiger partial charge in [0.2, 0.25) is 0 Å². The van der Waals surface area contributed by atoms with Gasteiger partial charge in [0.1, 0.15) is 5.01 Å². The van der Waals surface area contributed by atoms with Gasteiger partial charge < -0.3 is 5.32 Å². The zero-order valence-electron chi connectivity index (χ0n) is 11.6. The van der Waals surface area contributed by atoms with Crippen LogP contribution in [0.5, 0.6) is 0 Å². The second-order valence-corrected chi connectivity index (χ2v) is 6.89. The SMILES string of the molecule is Cc1ncsc1-c1nnc(CCCNCC(C)C)s1. The Balaban J connectivity index is 1.80. The van der Waals surface area contributed by atoms with Gasteiger partial charge in [0.15, 0.2) is 5.01 Å². The Morgan fingerprint density at radius 2 is 2.16 bits per heavy atom. The molecule has 0 atom stereocenters. The van der Waals surface area contributed by atoms with Gasteiger partial charge in [-0.1, -0.05) is 25.2 Å². The molecule has 6 heteroatoms. The van der Waals surface area contributed by atoms with Gasteiger partial charge in [-0.15, -0.1) is 21.5 Å². The zero-order chi connectivity index (χ0) is 13.7. The number of nitrogens with one attached hydrogen (secondary N) is 1. The summed E-state index contributed by atoms with van der Waals surface area (Å²) in [6.07, 6.45) is 2.11. The van der Waals surface area contributed by atoms with E-state index in [1.54, 1.807) is 22.7 Å². The Morgan fingerprint density at radius 3 is 2.84 bits per heavy atom. The molecule has 0 aliphatic rings. The minimum absolute atomic E-state index is 0.711. The predicted molar refractivity (Wildman–Crippen MR) is 81.8 cm³/mol. The van der Waals surface area contributed by atoms with Crippen LogP contribution in [0.15, 0.2) is 5.51 Å². The number of hydrogen-bond acceptors (Lipinski definition) is 6. The molecule has 1 N–H and O–H groups in total. The van der Waals surface area contributed by atoms with Crippen molar-refractivity contribution in [3.05, 3.63) is 16.2 Å². The van der Waals surface area contributed by atoms with Crippen LogP contribution < -0.4 is 5.32 Å². The maximum atomic E-state index is 4.27. The van der Waals surface area contributed by atoms with Crippen LogP contribution in [0.25, 0.3) is 9.88 Å². The summed E-state index contributed by atoms with van der Waals surface area (Å²) in [7, 11) is 0. The average Bonchev–Trinajstić information content (AvgIpc) is 2.97. The van der Waals surface area contributed by atoms with Gasteiger partial charge in [0, 0.05) is 6.42 Å². The standard InChI is InChI=1S/C13H20N4S2/c1-9(2)7-14-6-4-5-11-16-17-13(19-11)12-10(3)15-8-18-12/h8-9,14H,4-7H2,1-3H3. The number of nitrogens with zero attached hydrogens (tertiary/aromatic N) is 3. The van der Waals surface area contributed by atoms with Gasteiger partial charge in [-0.3, -0.25) is 0 Å². The highest BCUT2D eigenvalue weighted by molar-refractivity contribution is 7.20. The summed E-state index contributed by atoms with van der Waals surface area (Å²) >= 11 is 3.33. The highest BCUT2D eigenvalue weighted by atomic mass is 32.1. The smallest absolute Gasteiger partial charge is 0.159 e. The minimum Gasteiger partial charge on any atom is -0.316 e. The highest BCUT2D eigenvalue weighted by Crippen LogP contribution is 2.29. The molecule has 19 heavy (non-hydrogen) atoms. The first kappa shape index (κ1) is 14.6. The maximum absolute atomic E-state index is 4.27. The normalized spacial score (nSPS) is 11.4. The van der Waals surface area contributed by atoms with Gasteiger partial charge in [0.05, 0.1) is 16.1 Å². The van der Waals surface area contributed by atoms with Gasteiger partial charge >= 0.3 is 0 Å². The van der Waals surface area contributed by atoms with Crippen LogP contribution >= 0.6 is 22.7 Å². The molecule has 0 aliphatic carbocycles. The van der Waals surface area contributed by atoms with E-state index in [-0.39, 0.29) is 0 Å². The fourth-order valence-electron chi connectivity index (χ4n) is 1.71. The molecule has 0 aromatic carbocycles. The summed E-state index contributed by atoms with van der Waals surface area (Å²) < 4.78 is 0. The number of rotatable bonds is 7. The molecule has 0 fully saturated rings. The number of thiazole rings is 1. The molecular weight excluding hydrogens is 276 g/mol. The summed E-state index contributed by atoms with van der Waals surface area (Å²) in [5.41, 5.74) is 2.91. The lowest BCUT2D eigenvalue weighted by molar-refractivity contribution is 0.542. The average molecular weight is 296 g/mol. The fourth-order valence-corrected chi connectivity index (χ4v) is 3.53. The Labute approximate surface area is 122 Å². The number of aryl methyl sites for hydroxylation is 2. The second-order valence-electron chi connectivity index (χ2n) is 4.97. The summed E-state index contributed by atoms with van der Waals surface area (Å²) in [5.74, 6) is 0.711. The first-order chi connectivity index (χ1) is 9.16. The Morgan fingerprint density at radius 1 is 1.32 bits per heavy atom. The third-order valence-electron chi connectivity index (χ3n) is 2.70. The van der Waals surface area contributed by atoms with E-state index in [0.29, 0.717) is 5.92 Å². The van der Waals surface area contributed by atoms with Gasteiger partial charge in [-0.25, -0.2) is 4.98 Å². The highest BCUT2D eigenvalue weighted by Gasteiger charge is 2.10.